The van der Waals surface area contributed by atoms with Gasteiger partial charge in [-0.3, -0.25) is 43.2 Å². The van der Waals surface area contributed by atoms with Crippen LogP contribution in [0.3, 0.4) is 0 Å². The minimum absolute atomic E-state index is 0.00638. The number of aliphatic hydroxyl groups is 10. The number of esters is 2. The summed E-state index contributed by atoms with van der Waals surface area (Å²) in [4.78, 5) is 131. The number of ketones is 3. The molecular formula is C89H157N5O32. The fourth-order valence-electron chi connectivity index (χ4n) is 15.9. The second-order valence-corrected chi connectivity index (χ2v) is 34.2. The molecule has 0 radical (unpaired) electrons. The number of rotatable bonds is 74. The van der Waals surface area contributed by atoms with E-state index in [9.17, 15) is 99.0 Å². The Morgan fingerprint density at radius 1 is 0.365 bits per heavy atom. The fourth-order valence-corrected chi connectivity index (χ4v) is 15.9. The lowest BCUT2D eigenvalue weighted by Gasteiger charge is -2.40. The van der Waals surface area contributed by atoms with Crippen LogP contribution in [-0.2, 0) is 100.0 Å². The lowest BCUT2D eigenvalue weighted by atomic mass is 9.71. The van der Waals surface area contributed by atoms with E-state index in [1.165, 1.54) is 0 Å². The number of carbonyl (C=O) groups is 10. The number of nitrogens with zero attached hydrogens (tertiary/aromatic N) is 1. The van der Waals surface area contributed by atoms with Crippen LogP contribution in [0.4, 0.5) is 4.79 Å². The Kier molecular flexibility index (Phi) is 60.4. The lowest BCUT2D eigenvalue weighted by molar-refractivity contribution is -0.282. The van der Waals surface area contributed by atoms with Gasteiger partial charge in [-0.25, -0.2) is 4.79 Å². The van der Waals surface area contributed by atoms with Gasteiger partial charge in [-0.05, 0) is 121 Å². The SMILES string of the molecule is CO[C@H]1C[C@H](CO)N(C(=O)CCCCC(=O)COCCOCCNC(=O)CCC(=O)CC(CCCOC(=O)CCCCCCCNC(=O)CCCOC2OC(CO)C(O)C(O)C2C)(CCCOC(=O)CCCCCCCNC(=O)CCCOC2OC(CO)C(O)C(O)C2C)CCCOC(=O)NCCCCCCCC(=O)CCCOC2OC(CO)C(O)C(O)C2C)C1. The first-order valence-corrected chi connectivity index (χ1v) is 46.6. The topological polar surface area (TPSA) is 535 Å². The van der Waals surface area contributed by atoms with E-state index in [2.05, 4.69) is 21.3 Å². The van der Waals surface area contributed by atoms with E-state index < -0.39 is 123 Å². The van der Waals surface area contributed by atoms with Crippen molar-refractivity contribution in [3.63, 3.8) is 0 Å². The summed E-state index contributed by atoms with van der Waals surface area (Å²) in [5.74, 6) is -3.32. The zero-order valence-electron chi connectivity index (χ0n) is 75.5. The van der Waals surface area contributed by atoms with Crippen LogP contribution in [0.25, 0.3) is 0 Å². The molecule has 0 spiro atoms. The van der Waals surface area contributed by atoms with Crippen molar-refractivity contribution in [3.8, 4) is 0 Å². The summed E-state index contributed by atoms with van der Waals surface area (Å²) in [7, 11) is 1.58. The number of hydrogen-bond acceptors (Lipinski definition) is 32. The van der Waals surface area contributed by atoms with E-state index in [4.69, 9.17) is 56.8 Å². The number of alkyl carbamates (subject to hydrolysis) is 1. The Balaban J connectivity index is 1.26. The summed E-state index contributed by atoms with van der Waals surface area (Å²) < 4.78 is 67.5. The number of ether oxygens (including phenoxy) is 12. The molecule has 4 rings (SSSR count). The Hall–Kier alpha value is -5.66. The van der Waals surface area contributed by atoms with Crippen LogP contribution in [0.1, 0.15) is 265 Å². The number of carbonyl (C=O) groups excluding carboxylic acids is 10. The second kappa shape index (κ2) is 67.5. The van der Waals surface area contributed by atoms with Gasteiger partial charge < -0.3 is 134 Å². The molecule has 730 valence electrons. The number of likely N-dealkylation sites (tertiary alicyclic amines) is 1. The lowest BCUT2D eigenvalue weighted by Crippen LogP contribution is -2.55. The van der Waals surface area contributed by atoms with E-state index >= 15 is 0 Å². The summed E-state index contributed by atoms with van der Waals surface area (Å²) in [6, 6.07) is -0.273. The minimum atomic E-state index is -1.23. The van der Waals surface area contributed by atoms with Gasteiger partial charge in [0.15, 0.2) is 24.7 Å². The summed E-state index contributed by atoms with van der Waals surface area (Å²) in [6.07, 6.45) is 4.98. The van der Waals surface area contributed by atoms with E-state index in [1.54, 1.807) is 32.8 Å². The van der Waals surface area contributed by atoms with Crippen molar-refractivity contribution in [1.82, 2.24) is 26.2 Å². The molecule has 37 nitrogen and oxygen atoms in total. The summed E-state index contributed by atoms with van der Waals surface area (Å²) in [5.41, 5.74) is -0.773. The number of amides is 5. The number of hydrogen-bond donors (Lipinski definition) is 14. The molecule has 4 aliphatic heterocycles. The van der Waals surface area contributed by atoms with Crippen LogP contribution < -0.4 is 21.3 Å². The molecule has 0 aromatic heterocycles. The molecule has 0 aromatic carbocycles. The Labute approximate surface area is 744 Å². The van der Waals surface area contributed by atoms with Gasteiger partial charge in [0.1, 0.15) is 54.8 Å². The van der Waals surface area contributed by atoms with Crippen molar-refractivity contribution in [2.24, 2.45) is 23.2 Å². The Bertz CT molecular complexity index is 2790. The number of Topliss-reactive ketones (excluding diaryl/α,β-unsaturated/α-hetero) is 3. The number of unbranched alkanes of at least 4 members (excludes halogenated alkanes) is 13. The maximum atomic E-state index is 14.2. The van der Waals surface area contributed by atoms with Crippen LogP contribution in [0.5, 0.6) is 0 Å². The molecule has 0 saturated carbocycles. The highest BCUT2D eigenvalue weighted by molar-refractivity contribution is 5.85. The van der Waals surface area contributed by atoms with Gasteiger partial charge in [0.2, 0.25) is 23.6 Å². The average Bonchev–Trinajstić information content (AvgIpc) is 1.13. The molecule has 14 N–H and O–H groups in total. The largest absolute Gasteiger partial charge is 0.466 e. The highest BCUT2D eigenvalue weighted by Crippen LogP contribution is 2.40. The van der Waals surface area contributed by atoms with E-state index in [-0.39, 0.29) is 202 Å². The van der Waals surface area contributed by atoms with Crippen molar-refractivity contribution < 1.29 is 156 Å². The van der Waals surface area contributed by atoms with Crippen molar-refractivity contribution >= 4 is 59.0 Å². The third-order valence-corrected chi connectivity index (χ3v) is 23.8. The number of methoxy groups -OCH3 is 1. The van der Waals surface area contributed by atoms with Crippen molar-refractivity contribution in [3.05, 3.63) is 0 Å². The third-order valence-electron chi connectivity index (χ3n) is 23.8. The molecule has 4 heterocycles. The minimum Gasteiger partial charge on any atom is -0.466 e. The van der Waals surface area contributed by atoms with Crippen molar-refractivity contribution in [1.29, 1.82) is 0 Å². The van der Waals surface area contributed by atoms with Gasteiger partial charge in [0.05, 0.1) is 116 Å². The predicted octanol–water partition coefficient (Wildman–Crippen LogP) is 4.19. The smallest absolute Gasteiger partial charge is 0.407 e. The monoisotopic (exact) mass is 1810 g/mol. The van der Waals surface area contributed by atoms with Gasteiger partial charge in [-0.1, -0.05) is 78.6 Å². The summed E-state index contributed by atoms with van der Waals surface area (Å²) in [6.45, 7) is 6.32. The van der Waals surface area contributed by atoms with Crippen LogP contribution >= 0.6 is 0 Å². The standard InChI is InChI=1S/C89H157N5O32/c1-62-79(108)82(111)70(58-96)124-85(62)120-45-22-30-66(99)28-14-8-5-13-21-43-93-88(114)123-50-27-40-89(38-25-48-118-77(106)34-15-9-6-11-19-41-90-73(102)31-23-46-121-86-63(2)80(109)83(112)71(59-97)125-86,39-26-49-119-78(107)35-16-10-7-12-20-42-91-74(103)32-24-47-122-87-64(3)81(110)84(113)72(60-98)126-87)55-67(100)36-37-75(104)92-44-51-116-52-53-117-61-68(101)29-17-18-33-76(105)94-56-69(115-4)54-65(94)57-95/h62-65,69-72,79-87,95-98,108-113H,5-61H2,1-4H3,(H,90,102)(H,91,103)(H,92,104)(H,93,114)/t62?,63?,64?,65-,69+,70?,71?,72?,79?,80?,81?,82?,83?,84?,85?,86?,87?,89?/m1/s1. The van der Waals surface area contributed by atoms with Gasteiger partial charge in [-0.15, -0.1) is 0 Å². The van der Waals surface area contributed by atoms with E-state index in [0.29, 0.717) is 142 Å². The molecule has 126 heavy (non-hydrogen) atoms. The van der Waals surface area contributed by atoms with E-state index in [0.717, 1.165) is 70.6 Å². The normalized spacial score (nSPS) is 24.7. The average molecular weight is 1810 g/mol. The van der Waals surface area contributed by atoms with Gasteiger partial charge in [0, 0.05) is 128 Å². The second-order valence-electron chi connectivity index (χ2n) is 34.2. The third kappa shape index (κ3) is 46.9. The maximum absolute atomic E-state index is 14.2. The molecule has 0 aliphatic carbocycles. The molecular weight excluding hydrogens is 1650 g/mol. The van der Waals surface area contributed by atoms with Gasteiger partial charge in [0.25, 0.3) is 0 Å². The fraction of sp³-hybridized carbons (Fsp3) is 0.888. The highest BCUT2D eigenvalue weighted by Gasteiger charge is 2.45. The quantitative estimate of drug-likeness (QED) is 0.0230. The molecule has 37 heteroatoms. The number of aliphatic hydroxyl groups excluding tert-OH is 10. The molecule has 4 aliphatic rings. The van der Waals surface area contributed by atoms with Crippen LogP contribution in [0, 0.1) is 23.2 Å². The first-order valence-electron chi connectivity index (χ1n) is 46.6. The molecule has 4 saturated heterocycles. The summed E-state index contributed by atoms with van der Waals surface area (Å²) in [5, 5.41) is 111. The molecule has 17 atom stereocenters. The maximum Gasteiger partial charge on any atom is 0.407 e. The molecule has 4 fully saturated rings. The molecule has 15 unspecified atom stereocenters. The molecule has 0 bridgehead atoms. The Morgan fingerprint density at radius 2 is 0.754 bits per heavy atom. The highest BCUT2D eigenvalue weighted by atomic mass is 16.7. The molecule has 5 amide bonds. The Morgan fingerprint density at radius 3 is 1.22 bits per heavy atom. The van der Waals surface area contributed by atoms with E-state index in [1.807, 2.05) is 0 Å². The van der Waals surface area contributed by atoms with Crippen LogP contribution in [-0.4, -0.2) is 333 Å². The first kappa shape index (κ1) is 113. The number of nitrogens with one attached hydrogen (secondary N) is 4. The zero-order valence-corrected chi connectivity index (χ0v) is 75.5. The predicted molar refractivity (Wildman–Crippen MR) is 457 cm³/mol. The molecule has 0 aromatic rings. The van der Waals surface area contributed by atoms with Gasteiger partial charge in [-0.2, -0.15) is 0 Å². The van der Waals surface area contributed by atoms with Crippen LogP contribution in [0.2, 0.25) is 0 Å². The van der Waals surface area contributed by atoms with Crippen molar-refractivity contribution in [2.45, 2.75) is 351 Å². The first-order chi connectivity index (χ1) is 60.7. The summed E-state index contributed by atoms with van der Waals surface area (Å²) >= 11 is 0. The van der Waals surface area contributed by atoms with Crippen LogP contribution in [0.15, 0.2) is 0 Å². The zero-order chi connectivity index (χ0) is 92.3. The van der Waals surface area contributed by atoms with Crippen molar-refractivity contribution in [2.75, 3.05) is 132 Å². The van der Waals surface area contributed by atoms with Gasteiger partial charge >= 0.3 is 18.0 Å².